The normalized spacial score (nSPS) is 21.7. The second kappa shape index (κ2) is 7.93. The van der Waals surface area contributed by atoms with Crippen molar-refractivity contribution in [1.82, 2.24) is 29.9 Å². The Morgan fingerprint density at radius 1 is 1.29 bits per heavy atom. The Kier molecular flexibility index (Phi) is 5.21. The van der Waals surface area contributed by atoms with Crippen molar-refractivity contribution in [3.63, 3.8) is 0 Å². The van der Waals surface area contributed by atoms with Crippen molar-refractivity contribution in [2.24, 2.45) is 13.0 Å². The molecule has 3 atom stereocenters. The fourth-order valence-corrected chi connectivity index (χ4v) is 3.90. The Hall–Kier alpha value is -3.00. The number of benzene rings is 1. The maximum atomic E-state index is 12.3. The number of hydrogen-bond donors (Lipinski definition) is 2. The molecule has 28 heavy (non-hydrogen) atoms. The molecule has 146 valence electrons. The summed E-state index contributed by atoms with van der Waals surface area (Å²) in [6, 6.07) is 9.83. The molecule has 4 rings (SSSR count). The second-order valence-corrected chi connectivity index (χ2v) is 7.37. The van der Waals surface area contributed by atoms with Crippen LogP contribution in [0, 0.1) is 5.92 Å². The van der Waals surface area contributed by atoms with E-state index in [0.717, 1.165) is 30.0 Å². The van der Waals surface area contributed by atoms with Gasteiger partial charge in [0.2, 0.25) is 5.91 Å². The quantitative estimate of drug-likeness (QED) is 0.669. The zero-order valence-electron chi connectivity index (χ0n) is 15.8. The first-order chi connectivity index (χ1) is 13.6. The first kappa shape index (κ1) is 18.4. The number of rotatable bonds is 6. The minimum atomic E-state index is -0.540. The number of amides is 1. The number of aromatic nitrogens is 5. The van der Waals surface area contributed by atoms with Gasteiger partial charge in [0.05, 0.1) is 30.5 Å². The lowest BCUT2D eigenvalue weighted by atomic mass is 10.1. The van der Waals surface area contributed by atoms with E-state index in [4.69, 9.17) is 0 Å². The summed E-state index contributed by atoms with van der Waals surface area (Å²) in [5, 5.41) is 21.0. The summed E-state index contributed by atoms with van der Waals surface area (Å²) in [5.74, 6) is 1.07. The van der Waals surface area contributed by atoms with E-state index in [0.29, 0.717) is 6.42 Å². The molecule has 1 aliphatic carbocycles. The molecular formula is C20H24N6O2. The highest BCUT2D eigenvalue weighted by Crippen LogP contribution is 2.29. The molecule has 0 bridgehead atoms. The predicted octanol–water partition coefficient (Wildman–Crippen LogP) is 1.18. The average Bonchev–Trinajstić information content (AvgIpc) is 3.39. The lowest BCUT2D eigenvalue weighted by Crippen LogP contribution is -2.40. The van der Waals surface area contributed by atoms with Crippen LogP contribution in [0.3, 0.4) is 0 Å². The number of aliphatic hydroxyl groups excluding tert-OH is 1. The van der Waals surface area contributed by atoms with Crippen molar-refractivity contribution in [2.45, 2.75) is 38.0 Å². The highest BCUT2D eigenvalue weighted by Gasteiger charge is 2.34. The monoisotopic (exact) mass is 380 g/mol. The van der Waals surface area contributed by atoms with Gasteiger partial charge in [0.25, 0.3) is 0 Å². The van der Waals surface area contributed by atoms with Gasteiger partial charge in [-0.25, -0.2) is 4.98 Å². The number of imidazole rings is 1. The van der Waals surface area contributed by atoms with Gasteiger partial charge in [-0.2, -0.15) is 0 Å². The molecule has 8 nitrogen and oxygen atoms in total. The first-order valence-electron chi connectivity index (χ1n) is 9.47. The number of aryl methyl sites for hydroxylation is 1. The van der Waals surface area contributed by atoms with E-state index in [1.807, 2.05) is 36.5 Å². The molecule has 1 fully saturated rings. The van der Waals surface area contributed by atoms with Gasteiger partial charge in [-0.3, -0.25) is 9.48 Å². The first-order valence-corrected chi connectivity index (χ1v) is 9.47. The van der Waals surface area contributed by atoms with Gasteiger partial charge in [0.15, 0.2) is 0 Å². The Morgan fingerprint density at radius 2 is 2.11 bits per heavy atom. The maximum absolute atomic E-state index is 12.3. The minimum absolute atomic E-state index is 0.122. The molecule has 1 amide bonds. The Labute approximate surface area is 163 Å². The van der Waals surface area contributed by atoms with Crippen LogP contribution in [0.1, 0.15) is 18.5 Å². The summed E-state index contributed by atoms with van der Waals surface area (Å²) in [5.41, 5.74) is 1.81. The molecular weight excluding hydrogens is 356 g/mol. The van der Waals surface area contributed by atoms with Gasteiger partial charge in [-0.1, -0.05) is 35.5 Å². The maximum Gasteiger partial charge on any atom is 0.226 e. The standard InChI is InChI=1S/C20H24N6O2/c1-25-16(12-22-24-25)11-19(28)23-17-9-14(10-18(17)27)13-26-8-7-21-20(26)15-5-3-2-4-6-15/h2-8,12,14,17-18,27H,9-11,13H2,1H3,(H,23,28)/t14?,17-,18-/m1/s1. The molecule has 1 aliphatic rings. The summed E-state index contributed by atoms with van der Waals surface area (Å²) >= 11 is 0. The number of nitrogens with one attached hydrogen (secondary N) is 1. The summed E-state index contributed by atoms with van der Waals surface area (Å²) in [7, 11) is 1.76. The predicted molar refractivity (Wildman–Crippen MR) is 103 cm³/mol. The van der Waals surface area contributed by atoms with Crippen LogP contribution in [-0.4, -0.2) is 47.7 Å². The zero-order chi connectivity index (χ0) is 19.5. The third-order valence-electron chi connectivity index (χ3n) is 5.33. The van der Waals surface area contributed by atoms with Gasteiger partial charge in [-0.15, -0.1) is 5.10 Å². The molecule has 1 aromatic carbocycles. The smallest absolute Gasteiger partial charge is 0.226 e. The summed E-state index contributed by atoms with van der Waals surface area (Å²) in [4.78, 5) is 16.8. The fraction of sp³-hybridized carbons (Fsp3) is 0.400. The third-order valence-corrected chi connectivity index (χ3v) is 5.33. The van der Waals surface area contributed by atoms with E-state index in [-0.39, 0.29) is 24.3 Å². The fourth-order valence-electron chi connectivity index (χ4n) is 3.90. The molecule has 3 aromatic rings. The molecule has 0 aliphatic heterocycles. The number of aliphatic hydroxyl groups is 1. The van der Waals surface area contributed by atoms with Crippen LogP contribution in [0.4, 0.5) is 0 Å². The number of carbonyl (C=O) groups excluding carboxylic acids is 1. The van der Waals surface area contributed by atoms with Crippen molar-refractivity contribution in [3.8, 4) is 11.4 Å². The molecule has 2 heterocycles. The van der Waals surface area contributed by atoms with Crippen LogP contribution in [0.2, 0.25) is 0 Å². The van der Waals surface area contributed by atoms with E-state index >= 15 is 0 Å². The van der Waals surface area contributed by atoms with E-state index in [1.165, 1.54) is 0 Å². The van der Waals surface area contributed by atoms with Gasteiger partial charge in [-0.05, 0) is 18.8 Å². The molecule has 2 N–H and O–H groups in total. The lowest BCUT2D eigenvalue weighted by Gasteiger charge is -2.16. The van der Waals surface area contributed by atoms with E-state index in [2.05, 4.69) is 25.2 Å². The van der Waals surface area contributed by atoms with E-state index < -0.39 is 6.10 Å². The SMILES string of the molecule is Cn1nncc1CC(=O)N[C@@H]1CC(Cn2ccnc2-c2ccccc2)C[C@H]1O. The van der Waals surface area contributed by atoms with Crippen LogP contribution < -0.4 is 5.32 Å². The Morgan fingerprint density at radius 3 is 2.86 bits per heavy atom. The van der Waals surface area contributed by atoms with Crippen molar-refractivity contribution >= 4 is 5.91 Å². The molecule has 0 radical (unpaired) electrons. The highest BCUT2D eigenvalue weighted by molar-refractivity contribution is 5.78. The van der Waals surface area contributed by atoms with Crippen molar-refractivity contribution < 1.29 is 9.90 Å². The number of carbonyl (C=O) groups is 1. The molecule has 0 spiro atoms. The molecule has 0 saturated heterocycles. The van der Waals surface area contributed by atoms with Crippen LogP contribution >= 0.6 is 0 Å². The summed E-state index contributed by atoms with van der Waals surface area (Å²) in [6.45, 7) is 0.763. The highest BCUT2D eigenvalue weighted by atomic mass is 16.3. The van der Waals surface area contributed by atoms with Crippen LogP contribution in [0.5, 0.6) is 0 Å². The Balaban J connectivity index is 1.37. The summed E-state index contributed by atoms with van der Waals surface area (Å²) < 4.78 is 3.70. The van der Waals surface area contributed by atoms with Gasteiger partial charge in [0.1, 0.15) is 5.82 Å². The van der Waals surface area contributed by atoms with Gasteiger partial charge >= 0.3 is 0 Å². The van der Waals surface area contributed by atoms with Gasteiger partial charge < -0.3 is 15.0 Å². The van der Waals surface area contributed by atoms with Gasteiger partial charge in [0, 0.05) is 31.5 Å². The molecule has 1 saturated carbocycles. The van der Waals surface area contributed by atoms with Crippen LogP contribution in [0.25, 0.3) is 11.4 Å². The van der Waals surface area contributed by atoms with Crippen molar-refractivity contribution in [1.29, 1.82) is 0 Å². The molecule has 8 heteroatoms. The topological polar surface area (TPSA) is 97.9 Å². The zero-order valence-corrected chi connectivity index (χ0v) is 15.8. The molecule has 1 unspecified atom stereocenters. The van der Waals surface area contributed by atoms with Crippen LogP contribution in [-0.2, 0) is 24.8 Å². The third kappa shape index (κ3) is 3.96. The second-order valence-electron chi connectivity index (χ2n) is 7.37. The minimum Gasteiger partial charge on any atom is -0.391 e. The largest absolute Gasteiger partial charge is 0.391 e. The van der Waals surface area contributed by atoms with Crippen molar-refractivity contribution in [2.75, 3.05) is 0 Å². The summed E-state index contributed by atoms with van der Waals surface area (Å²) in [6.07, 6.45) is 6.41. The van der Waals surface area contributed by atoms with E-state index in [1.54, 1.807) is 24.1 Å². The molecule has 2 aromatic heterocycles. The van der Waals surface area contributed by atoms with Crippen molar-refractivity contribution in [3.05, 3.63) is 54.6 Å². The number of nitrogens with zero attached hydrogens (tertiary/aromatic N) is 5. The number of hydrogen-bond acceptors (Lipinski definition) is 5. The Bertz CT molecular complexity index is 935. The average molecular weight is 380 g/mol. The lowest BCUT2D eigenvalue weighted by molar-refractivity contribution is -0.121. The van der Waals surface area contributed by atoms with Crippen LogP contribution in [0.15, 0.2) is 48.9 Å². The van der Waals surface area contributed by atoms with E-state index in [9.17, 15) is 9.90 Å².